The maximum atomic E-state index is 14.1. The zero-order valence-electron chi connectivity index (χ0n) is 12.4. The van der Waals surface area contributed by atoms with E-state index in [0.29, 0.717) is 0 Å². The van der Waals surface area contributed by atoms with Crippen LogP contribution in [0.25, 0.3) is 0 Å². The van der Waals surface area contributed by atoms with Crippen LogP contribution in [0.2, 0.25) is 0 Å². The molecular weight excluding hydrogens is 326 g/mol. The van der Waals surface area contributed by atoms with Crippen LogP contribution in [0.1, 0.15) is 28.8 Å². The Balaban J connectivity index is 1.82. The molecule has 0 heterocycles. The van der Waals surface area contributed by atoms with Crippen molar-refractivity contribution in [2.24, 2.45) is 5.73 Å². The fourth-order valence-corrected chi connectivity index (χ4v) is 2.56. The lowest BCUT2D eigenvalue weighted by Gasteiger charge is -2.20. The van der Waals surface area contributed by atoms with E-state index in [0.717, 1.165) is 6.07 Å². The first-order valence-corrected chi connectivity index (χ1v) is 7.17. The van der Waals surface area contributed by atoms with Gasteiger partial charge in [0.05, 0.1) is 5.41 Å². The van der Waals surface area contributed by atoms with Gasteiger partial charge in [-0.3, -0.25) is 4.79 Å². The van der Waals surface area contributed by atoms with Gasteiger partial charge in [-0.15, -0.1) is 0 Å². The minimum absolute atomic E-state index is 0.0370. The summed E-state index contributed by atoms with van der Waals surface area (Å²) in [5, 5.41) is 0. The van der Waals surface area contributed by atoms with E-state index in [-0.39, 0.29) is 35.5 Å². The Bertz CT molecular complexity index is 780. The maximum Gasteiger partial charge on any atom is 0.398 e. The highest BCUT2D eigenvalue weighted by molar-refractivity contribution is 5.92. The summed E-state index contributed by atoms with van der Waals surface area (Å²) in [6.07, 6.45) is -4.47. The molecule has 0 spiro atoms. The number of hydrogen-bond donors (Lipinski definition) is 1. The second-order valence-electron chi connectivity index (χ2n) is 5.72. The first-order chi connectivity index (χ1) is 11.2. The minimum atomic E-state index is -4.40. The molecule has 1 amide bonds. The van der Waals surface area contributed by atoms with Crippen molar-refractivity contribution in [1.29, 1.82) is 0 Å². The Labute approximate surface area is 135 Å². The summed E-state index contributed by atoms with van der Waals surface area (Å²) in [6, 6.07) is 8.94. The molecule has 0 atom stereocenters. The smallest absolute Gasteiger partial charge is 0.398 e. The van der Waals surface area contributed by atoms with Crippen LogP contribution in [0.15, 0.2) is 42.5 Å². The molecule has 1 fully saturated rings. The second kappa shape index (κ2) is 5.51. The molecule has 0 saturated heterocycles. The van der Waals surface area contributed by atoms with Crippen LogP contribution in [-0.4, -0.2) is 12.1 Å². The first kappa shape index (κ1) is 16.3. The molecule has 1 aliphatic carbocycles. The molecule has 24 heavy (non-hydrogen) atoms. The lowest BCUT2D eigenvalue weighted by atomic mass is 9.95. The van der Waals surface area contributed by atoms with Crippen molar-refractivity contribution in [2.75, 3.05) is 0 Å². The highest BCUT2D eigenvalue weighted by atomic mass is 19.4. The average Bonchev–Trinajstić information content (AvgIpc) is 3.31. The van der Waals surface area contributed by atoms with Gasteiger partial charge in [-0.2, -0.15) is 13.2 Å². The van der Waals surface area contributed by atoms with Crippen molar-refractivity contribution in [3.05, 3.63) is 59.4 Å². The zero-order valence-corrected chi connectivity index (χ0v) is 12.4. The largest absolute Gasteiger partial charge is 0.454 e. The van der Waals surface area contributed by atoms with E-state index in [1.807, 2.05) is 0 Å². The predicted molar refractivity (Wildman–Crippen MR) is 78.4 cm³/mol. The predicted octanol–water partition coefficient (Wildman–Crippen LogP) is 4.31. The van der Waals surface area contributed by atoms with E-state index in [1.54, 1.807) is 0 Å². The first-order valence-electron chi connectivity index (χ1n) is 7.17. The Kier molecular flexibility index (Phi) is 3.74. The molecule has 3 nitrogen and oxygen atoms in total. The summed E-state index contributed by atoms with van der Waals surface area (Å²) in [5.74, 6) is -1.44. The van der Waals surface area contributed by atoms with Crippen LogP contribution in [0.4, 0.5) is 17.6 Å². The highest BCUT2D eigenvalue weighted by Gasteiger charge is 2.64. The number of benzene rings is 2. The summed E-state index contributed by atoms with van der Waals surface area (Å²) in [4.78, 5) is 11.0. The fraction of sp³-hybridized carbons (Fsp3) is 0.235. The van der Waals surface area contributed by atoms with E-state index in [1.165, 1.54) is 36.4 Å². The molecule has 0 aromatic heterocycles. The third-order valence-electron chi connectivity index (χ3n) is 4.14. The second-order valence-corrected chi connectivity index (χ2v) is 5.72. The molecule has 7 heteroatoms. The van der Waals surface area contributed by atoms with Crippen molar-refractivity contribution >= 4 is 5.91 Å². The SMILES string of the molecule is NC(=O)c1ccc(Oc2ccc(C3(C(F)(F)F)CC3)cc2F)cc1. The minimum Gasteiger partial charge on any atom is -0.454 e. The van der Waals surface area contributed by atoms with Crippen molar-refractivity contribution in [1.82, 2.24) is 0 Å². The number of carbonyl (C=O) groups is 1. The van der Waals surface area contributed by atoms with Gasteiger partial charge < -0.3 is 10.5 Å². The standard InChI is InChI=1S/C17H13F4NO2/c18-13-9-11(16(7-8-16)17(19,20)21)3-6-14(13)24-12-4-1-10(2-5-12)15(22)23/h1-6,9H,7-8H2,(H2,22,23). The Hall–Kier alpha value is -2.57. The number of halogens is 4. The van der Waals surface area contributed by atoms with Gasteiger partial charge in [-0.1, -0.05) is 6.07 Å². The topological polar surface area (TPSA) is 52.3 Å². The number of rotatable bonds is 4. The van der Waals surface area contributed by atoms with E-state index in [2.05, 4.69) is 0 Å². The van der Waals surface area contributed by atoms with Crippen molar-refractivity contribution in [2.45, 2.75) is 24.4 Å². The number of amides is 1. The van der Waals surface area contributed by atoms with Crippen LogP contribution < -0.4 is 10.5 Å². The summed E-state index contributed by atoms with van der Waals surface area (Å²) in [6.45, 7) is 0. The molecule has 0 unspecified atom stereocenters. The average molecular weight is 339 g/mol. The van der Waals surface area contributed by atoms with E-state index >= 15 is 0 Å². The molecule has 1 aliphatic rings. The summed E-state index contributed by atoms with van der Waals surface area (Å²) >= 11 is 0. The third-order valence-corrected chi connectivity index (χ3v) is 4.14. The van der Waals surface area contributed by atoms with E-state index < -0.39 is 23.3 Å². The molecule has 1 saturated carbocycles. The Morgan fingerprint density at radius 2 is 1.71 bits per heavy atom. The molecule has 0 aliphatic heterocycles. The van der Waals surface area contributed by atoms with Crippen LogP contribution in [0, 0.1) is 5.82 Å². The molecule has 2 aromatic carbocycles. The molecule has 3 rings (SSSR count). The number of primary amides is 1. The number of hydrogen-bond acceptors (Lipinski definition) is 2. The van der Waals surface area contributed by atoms with Gasteiger partial charge in [0.25, 0.3) is 0 Å². The number of ether oxygens (including phenoxy) is 1. The van der Waals surface area contributed by atoms with Crippen LogP contribution in [0.3, 0.4) is 0 Å². The zero-order chi connectivity index (χ0) is 17.5. The van der Waals surface area contributed by atoms with Gasteiger partial charge in [0, 0.05) is 5.56 Å². The monoisotopic (exact) mass is 339 g/mol. The normalized spacial score (nSPS) is 15.8. The van der Waals surface area contributed by atoms with Crippen molar-refractivity contribution < 1.29 is 27.1 Å². The van der Waals surface area contributed by atoms with Gasteiger partial charge in [0.15, 0.2) is 11.6 Å². The number of carbonyl (C=O) groups excluding carboxylic acids is 1. The lowest BCUT2D eigenvalue weighted by Crippen LogP contribution is -2.28. The van der Waals surface area contributed by atoms with E-state index in [4.69, 9.17) is 10.5 Å². The quantitative estimate of drug-likeness (QED) is 0.844. The number of nitrogens with two attached hydrogens (primary N) is 1. The van der Waals surface area contributed by atoms with Crippen LogP contribution >= 0.6 is 0 Å². The summed E-state index contributed by atoms with van der Waals surface area (Å²) in [5.41, 5.74) is 3.34. The Morgan fingerprint density at radius 3 is 2.17 bits per heavy atom. The van der Waals surface area contributed by atoms with Gasteiger partial charge >= 0.3 is 6.18 Å². The Morgan fingerprint density at radius 1 is 1.08 bits per heavy atom. The maximum absolute atomic E-state index is 14.1. The summed E-state index contributed by atoms with van der Waals surface area (Å²) < 4.78 is 58.6. The van der Waals surface area contributed by atoms with Gasteiger partial charge in [-0.05, 0) is 54.8 Å². The molecule has 0 radical (unpaired) electrons. The van der Waals surface area contributed by atoms with Crippen LogP contribution in [-0.2, 0) is 5.41 Å². The van der Waals surface area contributed by atoms with Crippen LogP contribution in [0.5, 0.6) is 11.5 Å². The van der Waals surface area contributed by atoms with Gasteiger partial charge in [0.1, 0.15) is 5.75 Å². The molecule has 2 aromatic rings. The third kappa shape index (κ3) is 2.81. The highest BCUT2D eigenvalue weighted by Crippen LogP contribution is 2.59. The fourth-order valence-electron chi connectivity index (χ4n) is 2.56. The van der Waals surface area contributed by atoms with Gasteiger partial charge in [-0.25, -0.2) is 4.39 Å². The molecule has 2 N–H and O–H groups in total. The summed E-state index contributed by atoms with van der Waals surface area (Å²) in [7, 11) is 0. The lowest BCUT2D eigenvalue weighted by molar-refractivity contribution is -0.160. The van der Waals surface area contributed by atoms with Gasteiger partial charge in [0.2, 0.25) is 5.91 Å². The van der Waals surface area contributed by atoms with Crippen molar-refractivity contribution in [3.63, 3.8) is 0 Å². The molecular formula is C17H13F4NO2. The van der Waals surface area contributed by atoms with E-state index in [9.17, 15) is 22.4 Å². The number of alkyl halides is 3. The molecule has 0 bridgehead atoms. The van der Waals surface area contributed by atoms with Crippen molar-refractivity contribution in [3.8, 4) is 11.5 Å². The molecule has 126 valence electrons.